The van der Waals surface area contributed by atoms with E-state index >= 15 is 0 Å². The van der Waals surface area contributed by atoms with E-state index in [2.05, 4.69) is 20.0 Å². The summed E-state index contributed by atoms with van der Waals surface area (Å²) in [4.78, 5) is 25.6. The molecule has 2 aromatic heterocycles. The van der Waals surface area contributed by atoms with Crippen molar-refractivity contribution in [2.75, 3.05) is 37.7 Å². The minimum absolute atomic E-state index is 0.0141. The van der Waals surface area contributed by atoms with Crippen molar-refractivity contribution in [3.05, 3.63) is 34.9 Å². The van der Waals surface area contributed by atoms with Gasteiger partial charge in [-0.1, -0.05) is 0 Å². The summed E-state index contributed by atoms with van der Waals surface area (Å²) < 4.78 is 7.16. The molecule has 132 valence electrons. The van der Waals surface area contributed by atoms with Crippen LogP contribution in [0.5, 0.6) is 0 Å². The molecular formula is C17H22N6O2. The Labute approximate surface area is 146 Å². The van der Waals surface area contributed by atoms with E-state index in [4.69, 9.17) is 4.74 Å². The van der Waals surface area contributed by atoms with E-state index in [1.165, 1.54) is 0 Å². The van der Waals surface area contributed by atoms with Crippen molar-refractivity contribution in [2.24, 2.45) is 7.05 Å². The lowest BCUT2D eigenvalue weighted by atomic mass is 10.0. The Morgan fingerprint density at radius 1 is 1.16 bits per heavy atom. The predicted molar refractivity (Wildman–Crippen MR) is 91.5 cm³/mol. The van der Waals surface area contributed by atoms with Gasteiger partial charge < -0.3 is 14.5 Å². The van der Waals surface area contributed by atoms with Crippen molar-refractivity contribution < 1.29 is 9.53 Å². The maximum Gasteiger partial charge on any atom is 0.274 e. The molecular weight excluding hydrogens is 320 g/mol. The Hall–Kier alpha value is -2.48. The van der Waals surface area contributed by atoms with E-state index in [1.54, 1.807) is 0 Å². The molecule has 0 aliphatic carbocycles. The molecule has 25 heavy (non-hydrogen) atoms. The van der Waals surface area contributed by atoms with E-state index in [1.807, 2.05) is 35.9 Å². The first-order chi connectivity index (χ1) is 12.1. The van der Waals surface area contributed by atoms with Gasteiger partial charge in [0.15, 0.2) is 5.69 Å². The van der Waals surface area contributed by atoms with Crippen LogP contribution in [0.3, 0.4) is 0 Å². The first-order valence-corrected chi connectivity index (χ1v) is 8.59. The van der Waals surface area contributed by atoms with Crippen LogP contribution in [-0.2, 0) is 24.8 Å². The summed E-state index contributed by atoms with van der Waals surface area (Å²) in [7, 11) is 1.90. The first-order valence-electron chi connectivity index (χ1n) is 8.59. The molecule has 0 radical (unpaired) electrons. The van der Waals surface area contributed by atoms with Gasteiger partial charge in [0.05, 0.1) is 25.5 Å². The smallest absolute Gasteiger partial charge is 0.274 e. The van der Waals surface area contributed by atoms with E-state index in [-0.39, 0.29) is 5.91 Å². The normalized spacial score (nSPS) is 17.5. The summed E-state index contributed by atoms with van der Waals surface area (Å²) in [5.74, 6) is 0.735. The zero-order valence-corrected chi connectivity index (χ0v) is 14.6. The van der Waals surface area contributed by atoms with Gasteiger partial charge in [0.1, 0.15) is 0 Å². The van der Waals surface area contributed by atoms with Crippen LogP contribution in [0.15, 0.2) is 12.4 Å². The highest BCUT2D eigenvalue weighted by molar-refractivity contribution is 5.94. The standard InChI is InChI=1S/C17H22N6O2/c1-12-9-18-17(19-10-12)23-4-3-13-14(11-23)21(2)20-15(13)16(24)22-5-7-25-8-6-22/h9-10H,3-8,11H2,1-2H3. The third-order valence-electron chi connectivity index (χ3n) is 4.80. The molecule has 2 aliphatic heterocycles. The molecule has 0 N–H and O–H groups in total. The molecule has 1 saturated heterocycles. The van der Waals surface area contributed by atoms with Gasteiger partial charge in [-0.3, -0.25) is 9.48 Å². The van der Waals surface area contributed by atoms with E-state index in [0.29, 0.717) is 38.5 Å². The van der Waals surface area contributed by atoms with Gasteiger partial charge in [0, 0.05) is 44.6 Å². The Balaban J connectivity index is 1.58. The van der Waals surface area contributed by atoms with Crippen molar-refractivity contribution in [1.29, 1.82) is 0 Å². The molecule has 2 aromatic rings. The molecule has 0 unspecified atom stereocenters. The Morgan fingerprint density at radius 2 is 1.88 bits per heavy atom. The van der Waals surface area contributed by atoms with E-state index in [9.17, 15) is 4.79 Å². The number of nitrogens with zero attached hydrogens (tertiary/aromatic N) is 6. The number of morpholine rings is 1. The lowest BCUT2D eigenvalue weighted by Crippen LogP contribution is -2.41. The number of carbonyl (C=O) groups excluding carboxylic acids is 1. The monoisotopic (exact) mass is 342 g/mol. The van der Waals surface area contributed by atoms with Crippen molar-refractivity contribution >= 4 is 11.9 Å². The van der Waals surface area contributed by atoms with Crippen molar-refractivity contribution in [3.63, 3.8) is 0 Å². The highest BCUT2D eigenvalue weighted by atomic mass is 16.5. The fraction of sp³-hybridized carbons (Fsp3) is 0.529. The van der Waals surface area contributed by atoms with Crippen molar-refractivity contribution in [2.45, 2.75) is 19.9 Å². The fourth-order valence-corrected chi connectivity index (χ4v) is 3.38. The molecule has 8 heteroatoms. The number of amides is 1. The molecule has 2 aliphatic rings. The lowest BCUT2D eigenvalue weighted by molar-refractivity contribution is 0.0298. The number of ether oxygens (including phenoxy) is 1. The van der Waals surface area contributed by atoms with E-state index < -0.39 is 0 Å². The largest absolute Gasteiger partial charge is 0.378 e. The maximum absolute atomic E-state index is 12.8. The second-order valence-corrected chi connectivity index (χ2v) is 6.53. The van der Waals surface area contributed by atoms with Crippen LogP contribution in [-0.4, -0.2) is 63.4 Å². The SMILES string of the molecule is Cc1cnc(N2CCc3c(C(=O)N4CCOCC4)nn(C)c3C2)nc1. The molecule has 4 heterocycles. The van der Waals surface area contributed by atoms with Crippen LogP contribution in [0.1, 0.15) is 27.3 Å². The third-order valence-corrected chi connectivity index (χ3v) is 4.80. The minimum atomic E-state index is 0.0141. The topological polar surface area (TPSA) is 76.4 Å². The summed E-state index contributed by atoms with van der Waals surface area (Å²) in [6, 6.07) is 0. The maximum atomic E-state index is 12.8. The van der Waals surface area contributed by atoms with Gasteiger partial charge in [-0.25, -0.2) is 9.97 Å². The number of carbonyl (C=O) groups is 1. The minimum Gasteiger partial charge on any atom is -0.378 e. The highest BCUT2D eigenvalue weighted by Crippen LogP contribution is 2.25. The quantitative estimate of drug-likeness (QED) is 0.793. The molecule has 0 aromatic carbocycles. The number of rotatable bonds is 2. The zero-order valence-electron chi connectivity index (χ0n) is 14.6. The highest BCUT2D eigenvalue weighted by Gasteiger charge is 2.30. The van der Waals surface area contributed by atoms with Gasteiger partial charge in [-0.2, -0.15) is 5.10 Å². The second-order valence-electron chi connectivity index (χ2n) is 6.53. The van der Waals surface area contributed by atoms with Gasteiger partial charge >= 0.3 is 0 Å². The Bertz CT molecular complexity index is 779. The second kappa shape index (κ2) is 6.44. The van der Waals surface area contributed by atoms with Crippen LogP contribution in [0, 0.1) is 6.92 Å². The molecule has 4 rings (SSSR count). The molecule has 0 bridgehead atoms. The van der Waals surface area contributed by atoms with Gasteiger partial charge in [0.25, 0.3) is 5.91 Å². The third kappa shape index (κ3) is 2.97. The van der Waals surface area contributed by atoms with Crippen LogP contribution in [0.2, 0.25) is 0 Å². The van der Waals surface area contributed by atoms with Crippen LogP contribution >= 0.6 is 0 Å². The molecule has 0 spiro atoms. The summed E-state index contributed by atoms with van der Waals surface area (Å²) >= 11 is 0. The number of aryl methyl sites for hydroxylation is 2. The number of fused-ring (bicyclic) bond motifs is 1. The van der Waals surface area contributed by atoms with E-state index in [0.717, 1.165) is 35.7 Å². The summed E-state index contributed by atoms with van der Waals surface area (Å²) in [6.45, 7) is 5.88. The molecule has 1 fully saturated rings. The van der Waals surface area contributed by atoms with Crippen molar-refractivity contribution in [3.8, 4) is 0 Å². The summed E-state index contributed by atoms with van der Waals surface area (Å²) in [6.07, 6.45) is 4.43. The Morgan fingerprint density at radius 3 is 2.60 bits per heavy atom. The molecule has 0 atom stereocenters. The molecule has 0 saturated carbocycles. The number of hydrogen-bond acceptors (Lipinski definition) is 6. The van der Waals surface area contributed by atoms with Gasteiger partial charge in [-0.15, -0.1) is 0 Å². The average Bonchev–Trinajstić information content (AvgIpc) is 2.99. The summed E-state index contributed by atoms with van der Waals surface area (Å²) in [5, 5.41) is 4.53. The first kappa shape index (κ1) is 16.0. The molecule has 1 amide bonds. The van der Waals surface area contributed by atoms with Gasteiger partial charge in [0.2, 0.25) is 5.95 Å². The van der Waals surface area contributed by atoms with Crippen LogP contribution in [0.25, 0.3) is 0 Å². The fourth-order valence-electron chi connectivity index (χ4n) is 3.38. The van der Waals surface area contributed by atoms with Crippen LogP contribution < -0.4 is 4.90 Å². The Kier molecular flexibility index (Phi) is 4.12. The van der Waals surface area contributed by atoms with Crippen LogP contribution in [0.4, 0.5) is 5.95 Å². The number of hydrogen-bond donors (Lipinski definition) is 0. The summed E-state index contributed by atoms with van der Waals surface area (Å²) in [5.41, 5.74) is 3.75. The average molecular weight is 342 g/mol. The number of anilines is 1. The van der Waals surface area contributed by atoms with Crippen molar-refractivity contribution in [1.82, 2.24) is 24.6 Å². The lowest BCUT2D eigenvalue weighted by Gasteiger charge is -2.29. The molecule has 8 nitrogen and oxygen atoms in total. The predicted octanol–water partition coefficient (Wildman–Crippen LogP) is 0.554. The number of aromatic nitrogens is 4. The van der Waals surface area contributed by atoms with Gasteiger partial charge in [-0.05, 0) is 18.9 Å². The zero-order chi connectivity index (χ0) is 17.4.